The average Bonchev–Trinajstić information content (AvgIpc) is 2.47. The van der Waals surface area contributed by atoms with E-state index in [-0.39, 0.29) is 11.8 Å². The zero-order valence-electron chi connectivity index (χ0n) is 14.5. The summed E-state index contributed by atoms with van der Waals surface area (Å²) < 4.78 is 0. The van der Waals surface area contributed by atoms with Crippen LogP contribution in [0.5, 0.6) is 0 Å². The van der Waals surface area contributed by atoms with Gasteiger partial charge in [0, 0.05) is 25.9 Å². The molecule has 0 saturated heterocycles. The normalized spacial score (nSPS) is 34.4. The van der Waals surface area contributed by atoms with E-state index >= 15 is 0 Å². The first kappa shape index (κ1) is 16.8. The van der Waals surface area contributed by atoms with Crippen molar-refractivity contribution in [3.05, 3.63) is 0 Å². The number of hydrogen-bond acceptors (Lipinski definition) is 2. The number of nitrogens with one attached hydrogen (secondary N) is 2. The van der Waals surface area contributed by atoms with Gasteiger partial charge in [-0.3, -0.25) is 9.59 Å². The fraction of sp³-hybridized carbons (Fsp3) is 0.895. The molecular weight excluding hydrogens is 288 g/mol. The number of carbonyl (C=O) groups excluding carboxylic acids is 2. The minimum Gasteiger partial charge on any atom is -0.354 e. The van der Waals surface area contributed by atoms with Gasteiger partial charge in [0.2, 0.25) is 11.8 Å². The van der Waals surface area contributed by atoms with Gasteiger partial charge in [-0.25, -0.2) is 0 Å². The Morgan fingerprint density at radius 2 is 1.43 bits per heavy atom. The van der Waals surface area contributed by atoms with Crippen molar-refractivity contribution in [2.75, 3.05) is 13.1 Å². The molecule has 2 amide bonds. The second-order valence-corrected chi connectivity index (χ2v) is 8.40. The average molecular weight is 320 g/mol. The molecule has 0 aliphatic heterocycles. The smallest absolute Gasteiger partial charge is 0.220 e. The van der Waals surface area contributed by atoms with Crippen LogP contribution in [0.1, 0.15) is 71.1 Å². The van der Waals surface area contributed by atoms with Crippen molar-refractivity contribution in [1.82, 2.24) is 10.6 Å². The van der Waals surface area contributed by atoms with Gasteiger partial charge in [-0.2, -0.15) is 0 Å². The molecule has 4 saturated carbocycles. The maximum Gasteiger partial charge on any atom is 0.220 e. The molecule has 0 aromatic heterocycles. The second-order valence-electron chi connectivity index (χ2n) is 8.40. The van der Waals surface area contributed by atoms with Gasteiger partial charge in [0.1, 0.15) is 0 Å². The van der Waals surface area contributed by atoms with Gasteiger partial charge in [-0.15, -0.1) is 0 Å². The highest BCUT2D eigenvalue weighted by Crippen LogP contribution is 2.61. The van der Waals surface area contributed by atoms with Crippen LogP contribution < -0.4 is 10.6 Å². The molecular formula is C19H32N2O2. The van der Waals surface area contributed by atoms with Crippen molar-refractivity contribution in [3.8, 4) is 0 Å². The lowest BCUT2D eigenvalue weighted by Gasteiger charge is -2.56. The van der Waals surface area contributed by atoms with E-state index in [1.54, 1.807) is 0 Å². The summed E-state index contributed by atoms with van der Waals surface area (Å²) in [6.07, 6.45) is 11.4. The maximum absolute atomic E-state index is 12.3. The predicted octanol–water partition coefficient (Wildman–Crippen LogP) is 3.02. The third-order valence-corrected chi connectivity index (χ3v) is 6.23. The van der Waals surface area contributed by atoms with Gasteiger partial charge in [-0.05, 0) is 68.1 Å². The highest BCUT2D eigenvalue weighted by molar-refractivity contribution is 5.77. The van der Waals surface area contributed by atoms with Crippen molar-refractivity contribution in [3.63, 3.8) is 0 Å². The van der Waals surface area contributed by atoms with Crippen molar-refractivity contribution >= 4 is 11.8 Å². The molecule has 0 aromatic carbocycles. The molecule has 130 valence electrons. The van der Waals surface area contributed by atoms with E-state index in [1.165, 1.54) is 38.5 Å². The number of amides is 2. The largest absolute Gasteiger partial charge is 0.354 e. The Hall–Kier alpha value is -1.06. The summed E-state index contributed by atoms with van der Waals surface area (Å²) in [5, 5.41) is 5.89. The number of unbranched alkanes of at least 4 members (excludes halogenated alkanes) is 1. The molecule has 0 aromatic rings. The van der Waals surface area contributed by atoms with Crippen LogP contribution in [0, 0.1) is 23.2 Å². The van der Waals surface area contributed by atoms with E-state index in [9.17, 15) is 9.59 Å². The predicted molar refractivity (Wildman–Crippen MR) is 90.8 cm³/mol. The van der Waals surface area contributed by atoms with E-state index in [4.69, 9.17) is 0 Å². The Bertz CT molecular complexity index is 411. The molecule has 4 heteroatoms. The van der Waals surface area contributed by atoms with E-state index in [1.807, 2.05) is 0 Å². The topological polar surface area (TPSA) is 58.2 Å². The molecule has 4 rings (SSSR count). The highest BCUT2D eigenvalue weighted by atomic mass is 16.2. The fourth-order valence-corrected chi connectivity index (χ4v) is 5.74. The standard InChI is InChI=1S/C19H32N2O2/c1-2-3-4-17(22)20-5-6-21-18(23)13-19-10-14-7-15(11-19)9-16(8-14)12-19/h14-16H,2-13H2,1H3,(H,20,22)(H,21,23). The summed E-state index contributed by atoms with van der Waals surface area (Å²) in [5.41, 5.74) is 0.309. The Labute approximate surface area is 140 Å². The second kappa shape index (κ2) is 7.23. The molecule has 0 unspecified atom stereocenters. The third kappa shape index (κ3) is 4.27. The van der Waals surface area contributed by atoms with Crippen molar-refractivity contribution in [2.24, 2.45) is 23.2 Å². The number of rotatable bonds is 8. The van der Waals surface area contributed by atoms with Crippen LogP contribution >= 0.6 is 0 Å². The highest BCUT2D eigenvalue weighted by Gasteiger charge is 2.51. The molecule has 0 spiro atoms. The molecule has 4 nitrogen and oxygen atoms in total. The van der Waals surface area contributed by atoms with Crippen LogP contribution in [0.15, 0.2) is 0 Å². The molecule has 4 fully saturated rings. The Morgan fingerprint density at radius 1 is 0.913 bits per heavy atom. The molecule has 0 radical (unpaired) electrons. The molecule has 2 N–H and O–H groups in total. The molecule has 4 aliphatic rings. The van der Waals surface area contributed by atoms with Crippen LogP contribution in [0.3, 0.4) is 0 Å². The maximum atomic E-state index is 12.3. The summed E-state index contributed by atoms with van der Waals surface area (Å²) in [7, 11) is 0. The van der Waals surface area contributed by atoms with Crippen molar-refractivity contribution in [1.29, 1.82) is 0 Å². The summed E-state index contributed by atoms with van der Waals surface area (Å²) >= 11 is 0. The first-order valence-electron chi connectivity index (χ1n) is 9.62. The van der Waals surface area contributed by atoms with Gasteiger partial charge < -0.3 is 10.6 Å². The van der Waals surface area contributed by atoms with E-state index in [0.717, 1.165) is 30.6 Å². The summed E-state index contributed by atoms with van der Waals surface area (Å²) in [6, 6.07) is 0. The van der Waals surface area contributed by atoms with Gasteiger partial charge >= 0.3 is 0 Å². The van der Waals surface area contributed by atoms with Crippen molar-refractivity contribution in [2.45, 2.75) is 71.1 Å². The lowest BCUT2D eigenvalue weighted by Crippen LogP contribution is -2.48. The summed E-state index contributed by atoms with van der Waals surface area (Å²) in [5.74, 6) is 2.97. The van der Waals surface area contributed by atoms with Crippen LogP contribution in [0.2, 0.25) is 0 Å². The van der Waals surface area contributed by atoms with Gasteiger partial charge in [-0.1, -0.05) is 13.3 Å². The van der Waals surface area contributed by atoms with Crippen LogP contribution in [0.25, 0.3) is 0 Å². The number of hydrogen-bond donors (Lipinski definition) is 2. The van der Waals surface area contributed by atoms with E-state index < -0.39 is 0 Å². The minimum absolute atomic E-state index is 0.0992. The molecule has 4 aliphatic carbocycles. The van der Waals surface area contributed by atoms with Gasteiger partial charge in [0.05, 0.1) is 0 Å². The first-order valence-corrected chi connectivity index (χ1v) is 9.62. The number of carbonyl (C=O) groups is 2. The summed E-state index contributed by atoms with van der Waals surface area (Å²) in [6.45, 7) is 3.19. The monoisotopic (exact) mass is 320 g/mol. The minimum atomic E-state index is 0.0992. The molecule has 0 heterocycles. The lowest BCUT2D eigenvalue weighted by molar-refractivity contribution is -0.129. The molecule has 23 heavy (non-hydrogen) atoms. The SMILES string of the molecule is CCCCC(=O)NCCNC(=O)CC12CC3CC(CC(C3)C1)C2. The Kier molecular flexibility index (Phi) is 5.27. The summed E-state index contributed by atoms with van der Waals surface area (Å²) in [4.78, 5) is 23.8. The lowest BCUT2D eigenvalue weighted by atomic mass is 9.49. The molecule has 4 bridgehead atoms. The van der Waals surface area contributed by atoms with Gasteiger partial charge in [0.15, 0.2) is 0 Å². The van der Waals surface area contributed by atoms with Crippen LogP contribution in [-0.4, -0.2) is 24.9 Å². The third-order valence-electron chi connectivity index (χ3n) is 6.23. The van der Waals surface area contributed by atoms with Crippen LogP contribution in [-0.2, 0) is 9.59 Å². The zero-order chi connectivity index (χ0) is 16.3. The Morgan fingerprint density at radius 3 is 1.96 bits per heavy atom. The van der Waals surface area contributed by atoms with Crippen LogP contribution in [0.4, 0.5) is 0 Å². The van der Waals surface area contributed by atoms with E-state index in [0.29, 0.717) is 31.3 Å². The van der Waals surface area contributed by atoms with E-state index in [2.05, 4.69) is 17.6 Å². The van der Waals surface area contributed by atoms with Crippen molar-refractivity contribution < 1.29 is 9.59 Å². The Balaban J connectivity index is 1.36. The quantitative estimate of drug-likeness (QED) is 0.675. The zero-order valence-corrected chi connectivity index (χ0v) is 14.5. The molecule has 0 atom stereocenters. The fourth-order valence-electron chi connectivity index (χ4n) is 5.74. The van der Waals surface area contributed by atoms with Gasteiger partial charge in [0.25, 0.3) is 0 Å². The first-order chi connectivity index (χ1) is 11.1.